The molecule has 0 amide bonds. The Labute approximate surface area is 97.2 Å². The van der Waals surface area contributed by atoms with Crippen LogP contribution < -0.4 is 0 Å². The summed E-state index contributed by atoms with van der Waals surface area (Å²) in [5, 5.41) is 2.00. The summed E-state index contributed by atoms with van der Waals surface area (Å²) in [6.45, 7) is 2.15. The highest BCUT2D eigenvalue weighted by atomic mass is 32.1. The lowest BCUT2D eigenvalue weighted by Gasteiger charge is -1.93. The summed E-state index contributed by atoms with van der Waals surface area (Å²) in [5.74, 6) is 0.851. The Morgan fingerprint density at radius 1 is 1.38 bits per heavy atom. The van der Waals surface area contributed by atoms with Gasteiger partial charge in [-0.3, -0.25) is 0 Å². The normalized spacial score (nSPS) is 11.1. The van der Waals surface area contributed by atoms with Gasteiger partial charge in [-0.15, -0.1) is 11.3 Å². The minimum absolute atomic E-state index is 0.851. The van der Waals surface area contributed by atoms with Crippen molar-refractivity contribution in [2.75, 3.05) is 0 Å². The highest BCUT2D eigenvalue weighted by Gasteiger charge is 2.06. The van der Waals surface area contributed by atoms with E-state index in [0.717, 1.165) is 29.0 Å². The van der Waals surface area contributed by atoms with E-state index in [1.54, 1.807) is 11.3 Å². The molecule has 1 aromatic carbocycles. The number of thiazole rings is 1. The maximum Gasteiger partial charge on any atom is 0.158 e. The van der Waals surface area contributed by atoms with Crippen molar-refractivity contribution in [3.05, 3.63) is 34.7 Å². The Morgan fingerprint density at radius 3 is 3.06 bits per heavy atom. The molecule has 0 radical (unpaired) electrons. The molecule has 0 bridgehead atoms. The first-order valence-corrected chi connectivity index (χ1v) is 6.18. The van der Waals surface area contributed by atoms with Crippen LogP contribution in [0.1, 0.15) is 12.5 Å². The largest absolute Gasteiger partial charge is 0.337 e. The molecule has 16 heavy (non-hydrogen) atoms. The number of aromatic amines is 1. The number of nitrogens with zero attached hydrogens (tertiary/aromatic N) is 2. The third kappa shape index (κ3) is 1.51. The van der Waals surface area contributed by atoms with Crippen LogP contribution in [0.15, 0.2) is 29.1 Å². The van der Waals surface area contributed by atoms with Gasteiger partial charge in [0.2, 0.25) is 0 Å². The number of rotatable bonds is 2. The molecule has 2 heterocycles. The summed E-state index contributed by atoms with van der Waals surface area (Å²) in [6, 6.07) is 6.34. The molecule has 0 aliphatic heterocycles. The molecule has 0 saturated carbocycles. The monoisotopic (exact) mass is 229 g/mol. The smallest absolute Gasteiger partial charge is 0.158 e. The van der Waals surface area contributed by atoms with Gasteiger partial charge in [-0.25, -0.2) is 9.97 Å². The third-order valence-electron chi connectivity index (χ3n) is 2.63. The molecule has 3 nitrogen and oxygen atoms in total. The first kappa shape index (κ1) is 9.54. The van der Waals surface area contributed by atoms with Crippen LogP contribution in [-0.4, -0.2) is 15.0 Å². The molecule has 3 aromatic rings. The van der Waals surface area contributed by atoms with Crippen molar-refractivity contribution in [1.29, 1.82) is 0 Å². The van der Waals surface area contributed by atoms with E-state index in [-0.39, 0.29) is 0 Å². The molecule has 0 spiro atoms. The minimum atomic E-state index is 0.851. The summed E-state index contributed by atoms with van der Waals surface area (Å²) in [5.41, 5.74) is 6.13. The maximum atomic E-state index is 4.55. The average molecular weight is 229 g/mol. The van der Waals surface area contributed by atoms with Gasteiger partial charge in [-0.2, -0.15) is 0 Å². The summed E-state index contributed by atoms with van der Waals surface area (Å²) in [6.07, 6.45) is 1.04. The van der Waals surface area contributed by atoms with Gasteiger partial charge >= 0.3 is 0 Å². The average Bonchev–Trinajstić information content (AvgIpc) is 2.96. The van der Waals surface area contributed by atoms with Crippen LogP contribution in [0.5, 0.6) is 0 Å². The van der Waals surface area contributed by atoms with E-state index < -0.39 is 0 Å². The number of aryl methyl sites for hydroxylation is 1. The summed E-state index contributed by atoms with van der Waals surface area (Å²) in [4.78, 5) is 12.1. The lowest BCUT2D eigenvalue weighted by atomic mass is 10.1. The van der Waals surface area contributed by atoms with Gasteiger partial charge in [0.1, 0.15) is 5.69 Å². The van der Waals surface area contributed by atoms with Crippen LogP contribution in [0.4, 0.5) is 0 Å². The molecular formula is C12H11N3S. The SMILES string of the molecule is CCc1ccc2[nH]c(-c3cscn3)nc2c1. The number of hydrogen-bond acceptors (Lipinski definition) is 3. The third-order valence-corrected chi connectivity index (χ3v) is 3.22. The van der Waals surface area contributed by atoms with Gasteiger partial charge in [0.05, 0.1) is 16.5 Å². The van der Waals surface area contributed by atoms with Crippen LogP contribution in [0.25, 0.3) is 22.6 Å². The molecular weight excluding hydrogens is 218 g/mol. The quantitative estimate of drug-likeness (QED) is 0.733. The number of nitrogens with one attached hydrogen (secondary N) is 1. The first-order chi connectivity index (χ1) is 7.86. The molecule has 0 aliphatic rings. The molecule has 0 saturated heterocycles. The van der Waals surface area contributed by atoms with Gasteiger partial charge in [0.25, 0.3) is 0 Å². The number of benzene rings is 1. The van der Waals surface area contributed by atoms with Crippen molar-refractivity contribution in [3.63, 3.8) is 0 Å². The van der Waals surface area contributed by atoms with E-state index in [9.17, 15) is 0 Å². The van der Waals surface area contributed by atoms with Crippen LogP contribution in [0, 0.1) is 0 Å². The summed E-state index contributed by atoms with van der Waals surface area (Å²) < 4.78 is 0. The Balaban J connectivity index is 2.16. The van der Waals surface area contributed by atoms with Crippen molar-refractivity contribution < 1.29 is 0 Å². The van der Waals surface area contributed by atoms with Crippen molar-refractivity contribution in [3.8, 4) is 11.5 Å². The second-order valence-electron chi connectivity index (χ2n) is 3.66. The fourth-order valence-corrected chi connectivity index (χ4v) is 2.26. The Bertz CT molecular complexity index is 610. The van der Waals surface area contributed by atoms with Crippen molar-refractivity contribution >= 4 is 22.4 Å². The second kappa shape index (κ2) is 3.72. The summed E-state index contributed by atoms with van der Waals surface area (Å²) in [7, 11) is 0. The molecule has 4 heteroatoms. The highest BCUT2D eigenvalue weighted by Crippen LogP contribution is 2.21. The van der Waals surface area contributed by atoms with Crippen molar-refractivity contribution in [2.24, 2.45) is 0 Å². The van der Waals surface area contributed by atoms with Crippen molar-refractivity contribution in [1.82, 2.24) is 15.0 Å². The van der Waals surface area contributed by atoms with Gasteiger partial charge in [0.15, 0.2) is 5.82 Å². The lowest BCUT2D eigenvalue weighted by Crippen LogP contribution is -1.78. The van der Waals surface area contributed by atoms with E-state index in [2.05, 4.69) is 40.1 Å². The Hall–Kier alpha value is -1.68. The first-order valence-electron chi connectivity index (χ1n) is 5.24. The van der Waals surface area contributed by atoms with E-state index in [0.29, 0.717) is 0 Å². The minimum Gasteiger partial charge on any atom is -0.337 e. The molecule has 0 aliphatic carbocycles. The van der Waals surface area contributed by atoms with E-state index >= 15 is 0 Å². The number of fused-ring (bicyclic) bond motifs is 1. The predicted octanol–water partition coefficient (Wildman–Crippen LogP) is 3.25. The molecule has 80 valence electrons. The maximum absolute atomic E-state index is 4.55. The molecule has 0 unspecified atom stereocenters. The Kier molecular flexibility index (Phi) is 2.22. The van der Waals surface area contributed by atoms with Crippen LogP contribution in [-0.2, 0) is 6.42 Å². The summed E-state index contributed by atoms with van der Waals surface area (Å²) >= 11 is 1.58. The fraction of sp³-hybridized carbons (Fsp3) is 0.167. The van der Waals surface area contributed by atoms with Crippen LogP contribution in [0.3, 0.4) is 0 Å². The second-order valence-corrected chi connectivity index (χ2v) is 4.38. The number of hydrogen-bond donors (Lipinski definition) is 1. The van der Waals surface area contributed by atoms with Crippen molar-refractivity contribution in [2.45, 2.75) is 13.3 Å². The molecule has 3 rings (SSSR count). The zero-order valence-electron chi connectivity index (χ0n) is 8.90. The number of aromatic nitrogens is 3. The van der Waals surface area contributed by atoms with Gasteiger partial charge in [-0.05, 0) is 24.1 Å². The van der Waals surface area contributed by atoms with Crippen LogP contribution in [0.2, 0.25) is 0 Å². The molecule has 1 N–H and O–H groups in total. The molecule has 2 aromatic heterocycles. The zero-order chi connectivity index (χ0) is 11.0. The molecule has 0 atom stereocenters. The van der Waals surface area contributed by atoms with Gasteiger partial charge in [-0.1, -0.05) is 13.0 Å². The Morgan fingerprint density at radius 2 is 2.31 bits per heavy atom. The highest BCUT2D eigenvalue weighted by molar-refractivity contribution is 7.07. The van der Waals surface area contributed by atoms with Gasteiger partial charge in [0, 0.05) is 5.38 Å². The zero-order valence-corrected chi connectivity index (χ0v) is 9.71. The topological polar surface area (TPSA) is 41.6 Å². The molecule has 0 fully saturated rings. The van der Waals surface area contributed by atoms with E-state index in [1.165, 1.54) is 5.56 Å². The number of H-pyrrole nitrogens is 1. The predicted molar refractivity (Wildman–Crippen MR) is 66.6 cm³/mol. The number of imidazole rings is 1. The fourth-order valence-electron chi connectivity index (χ4n) is 1.72. The van der Waals surface area contributed by atoms with Gasteiger partial charge < -0.3 is 4.98 Å². The lowest BCUT2D eigenvalue weighted by molar-refractivity contribution is 1.14. The van der Waals surface area contributed by atoms with E-state index in [1.807, 2.05) is 10.9 Å². The van der Waals surface area contributed by atoms with Crippen LogP contribution >= 0.6 is 11.3 Å². The van der Waals surface area contributed by atoms with E-state index in [4.69, 9.17) is 0 Å². The standard InChI is InChI=1S/C12H11N3S/c1-2-8-3-4-9-10(5-8)15-12(14-9)11-6-16-7-13-11/h3-7H,2H2,1H3,(H,14,15).